The van der Waals surface area contributed by atoms with Gasteiger partial charge >= 0.3 is 0 Å². The molecule has 0 amide bonds. The number of hydrogen-bond acceptors (Lipinski definition) is 7. The molecule has 0 unspecified atom stereocenters. The second kappa shape index (κ2) is 6.80. The van der Waals surface area contributed by atoms with E-state index < -0.39 is 6.17 Å². The zero-order chi connectivity index (χ0) is 15.5. The molecule has 120 valence electrons. The zero-order valence-corrected chi connectivity index (χ0v) is 13.6. The van der Waals surface area contributed by atoms with Crippen molar-refractivity contribution in [1.82, 2.24) is 24.5 Å². The van der Waals surface area contributed by atoms with Crippen LogP contribution in [0.2, 0.25) is 0 Å². The maximum absolute atomic E-state index is 13.8. The van der Waals surface area contributed by atoms with Crippen molar-refractivity contribution < 1.29 is 8.91 Å². The quantitative estimate of drug-likeness (QED) is 0.808. The van der Waals surface area contributed by atoms with Gasteiger partial charge in [-0.25, -0.2) is 4.39 Å². The predicted molar refractivity (Wildman–Crippen MR) is 81.2 cm³/mol. The minimum Gasteiger partial charge on any atom is -0.360 e. The van der Waals surface area contributed by atoms with Gasteiger partial charge in [0.05, 0.1) is 17.9 Å². The number of rotatable bonds is 6. The Morgan fingerprint density at radius 3 is 3.09 bits per heavy atom. The van der Waals surface area contributed by atoms with Crippen molar-refractivity contribution in [2.45, 2.75) is 38.6 Å². The van der Waals surface area contributed by atoms with Crippen LogP contribution in [0.4, 0.5) is 4.39 Å². The monoisotopic (exact) mass is 325 g/mol. The summed E-state index contributed by atoms with van der Waals surface area (Å²) in [5, 5.41) is 9.89. The average molecular weight is 325 g/mol. The van der Waals surface area contributed by atoms with E-state index in [0.29, 0.717) is 19.5 Å². The molecular weight excluding hydrogens is 305 g/mol. The molecule has 1 aliphatic heterocycles. The summed E-state index contributed by atoms with van der Waals surface area (Å²) in [7, 11) is 2.03. The molecule has 1 fully saturated rings. The van der Waals surface area contributed by atoms with Crippen LogP contribution in [-0.4, -0.2) is 56.9 Å². The van der Waals surface area contributed by atoms with E-state index >= 15 is 0 Å². The molecule has 0 bridgehead atoms. The predicted octanol–water partition coefficient (Wildman–Crippen LogP) is 1.88. The van der Waals surface area contributed by atoms with E-state index in [0.717, 1.165) is 30.2 Å². The van der Waals surface area contributed by atoms with Crippen molar-refractivity contribution in [1.29, 1.82) is 0 Å². The maximum atomic E-state index is 13.8. The highest BCUT2D eigenvalue weighted by Crippen LogP contribution is 2.24. The van der Waals surface area contributed by atoms with Crippen LogP contribution in [0, 0.1) is 6.92 Å². The van der Waals surface area contributed by atoms with Gasteiger partial charge in [0.1, 0.15) is 6.17 Å². The Hall–Kier alpha value is -1.38. The fourth-order valence-corrected chi connectivity index (χ4v) is 3.39. The topological polar surface area (TPSA) is 58.3 Å². The van der Waals surface area contributed by atoms with Crippen LogP contribution in [-0.2, 0) is 13.1 Å². The third-order valence-electron chi connectivity index (χ3n) is 3.87. The fraction of sp³-hybridized carbons (Fsp3) is 0.643. The number of aryl methyl sites for hydroxylation is 1. The summed E-state index contributed by atoms with van der Waals surface area (Å²) in [5.74, 6) is 0.794. The SMILES string of the molecule is Cc1cc(CN2C[C@@H](F)C[C@H]2CN(C)Cc2csnn2)on1. The molecule has 0 N–H and O–H groups in total. The van der Waals surface area contributed by atoms with E-state index in [-0.39, 0.29) is 6.04 Å². The molecule has 3 heterocycles. The molecule has 1 aliphatic rings. The van der Waals surface area contributed by atoms with E-state index in [1.807, 2.05) is 25.4 Å². The number of likely N-dealkylation sites (N-methyl/N-ethyl adjacent to an activating group) is 1. The first kappa shape index (κ1) is 15.5. The van der Waals surface area contributed by atoms with Gasteiger partial charge in [0.2, 0.25) is 0 Å². The molecule has 0 radical (unpaired) electrons. The summed E-state index contributed by atoms with van der Waals surface area (Å²) in [6.07, 6.45) is -0.212. The Labute approximate surface area is 133 Å². The van der Waals surface area contributed by atoms with Gasteiger partial charge in [-0.3, -0.25) is 9.80 Å². The normalized spacial score (nSPS) is 22.7. The molecular formula is C14H20FN5OS. The minimum absolute atomic E-state index is 0.178. The third-order valence-corrected chi connectivity index (χ3v) is 4.43. The summed E-state index contributed by atoms with van der Waals surface area (Å²) >= 11 is 1.35. The Kier molecular flexibility index (Phi) is 4.80. The van der Waals surface area contributed by atoms with Gasteiger partial charge in [-0.15, -0.1) is 5.10 Å². The molecule has 6 nitrogen and oxygen atoms in total. The van der Waals surface area contributed by atoms with Crippen LogP contribution < -0.4 is 0 Å². The Morgan fingerprint density at radius 2 is 2.41 bits per heavy atom. The average Bonchev–Trinajstić information content (AvgIpc) is 3.15. The smallest absolute Gasteiger partial charge is 0.150 e. The minimum atomic E-state index is -0.775. The van der Waals surface area contributed by atoms with E-state index in [1.54, 1.807) is 0 Å². The van der Waals surface area contributed by atoms with Gasteiger partial charge in [0.25, 0.3) is 0 Å². The molecule has 1 saturated heterocycles. The van der Waals surface area contributed by atoms with E-state index in [1.165, 1.54) is 11.5 Å². The first-order chi connectivity index (χ1) is 10.6. The Balaban J connectivity index is 1.58. The fourth-order valence-electron chi connectivity index (χ4n) is 2.95. The highest BCUT2D eigenvalue weighted by Gasteiger charge is 2.33. The van der Waals surface area contributed by atoms with Crippen LogP contribution in [0.5, 0.6) is 0 Å². The lowest BCUT2D eigenvalue weighted by atomic mass is 10.2. The van der Waals surface area contributed by atoms with Crippen molar-refractivity contribution in [3.05, 3.63) is 28.6 Å². The highest BCUT2D eigenvalue weighted by molar-refractivity contribution is 7.03. The summed E-state index contributed by atoms with van der Waals surface area (Å²) in [4.78, 5) is 4.30. The van der Waals surface area contributed by atoms with Gasteiger partial charge in [-0.1, -0.05) is 9.64 Å². The largest absolute Gasteiger partial charge is 0.360 e. The summed E-state index contributed by atoms with van der Waals surface area (Å²) in [6.45, 7) is 4.49. The van der Waals surface area contributed by atoms with E-state index in [2.05, 4.69) is 24.5 Å². The lowest BCUT2D eigenvalue weighted by molar-refractivity contribution is 0.165. The molecule has 0 spiro atoms. The van der Waals surface area contributed by atoms with E-state index in [4.69, 9.17) is 4.52 Å². The Morgan fingerprint density at radius 1 is 1.55 bits per heavy atom. The molecule has 2 aromatic heterocycles. The van der Waals surface area contributed by atoms with Crippen LogP contribution >= 0.6 is 11.5 Å². The number of likely N-dealkylation sites (tertiary alicyclic amines) is 1. The second-order valence-corrected chi connectivity index (χ2v) is 6.55. The summed E-state index contributed by atoms with van der Waals surface area (Å²) < 4.78 is 23.0. The second-order valence-electron chi connectivity index (χ2n) is 5.94. The molecule has 2 atom stereocenters. The van der Waals surface area contributed by atoms with Crippen molar-refractivity contribution in [2.24, 2.45) is 0 Å². The molecule has 3 rings (SSSR count). The summed E-state index contributed by atoms with van der Waals surface area (Å²) in [6, 6.07) is 2.09. The number of alkyl halides is 1. The summed E-state index contributed by atoms with van der Waals surface area (Å²) in [5.41, 5.74) is 1.82. The molecule has 22 heavy (non-hydrogen) atoms. The van der Waals surface area contributed by atoms with E-state index in [9.17, 15) is 4.39 Å². The standard InChI is InChI=1S/C14H20FN5OS/c1-10-3-14(21-17-10)8-20-5-11(15)4-13(20)7-19(2)6-12-9-22-18-16-12/h3,9,11,13H,4-8H2,1-2H3/t11-,13-/m0/s1. The number of hydrogen-bond donors (Lipinski definition) is 0. The number of aromatic nitrogens is 3. The highest BCUT2D eigenvalue weighted by atomic mass is 32.1. The molecule has 0 aromatic carbocycles. The lowest BCUT2D eigenvalue weighted by Gasteiger charge is -2.27. The third kappa shape index (κ3) is 3.88. The van der Waals surface area contributed by atoms with Gasteiger partial charge in [0, 0.05) is 37.1 Å². The first-order valence-corrected chi connectivity index (χ1v) is 8.18. The van der Waals surface area contributed by atoms with Crippen LogP contribution in [0.25, 0.3) is 0 Å². The zero-order valence-electron chi connectivity index (χ0n) is 12.8. The van der Waals surface area contributed by atoms with Crippen LogP contribution in [0.1, 0.15) is 23.6 Å². The molecule has 0 aliphatic carbocycles. The molecule has 0 saturated carbocycles. The number of nitrogens with zero attached hydrogens (tertiary/aromatic N) is 5. The van der Waals surface area contributed by atoms with Crippen molar-refractivity contribution >= 4 is 11.5 Å². The maximum Gasteiger partial charge on any atom is 0.150 e. The van der Waals surface area contributed by atoms with Crippen molar-refractivity contribution in [3.63, 3.8) is 0 Å². The van der Waals surface area contributed by atoms with Crippen molar-refractivity contribution in [2.75, 3.05) is 20.1 Å². The Bertz CT molecular complexity index is 590. The van der Waals surface area contributed by atoms with Crippen LogP contribution in [0.3, 0.4) is 0 Å². The molecule has 8 heteroatoms. The van der Waals surface area contributed by atoms with Gasteiger partial charge in [0.15, 0.2) is 5.76 Å². The lowest BCUT2D eigenvalue weighted by Crippen LogP contribution is -2.38. The van der Waals surface area contributed by atoms with Crippen LogP contribution in [0.15, 0.2) is 16.0 Å². The van der Waals surface area contributed by atoms with Gasteiger partial charge in [-0.05, 0) is 31.9 Å². The van der Waals surface area contributed by atoms with Crippen molar-refractivity contribution in [3.8, 4) is 0 Å². The number of halogens is 1. The van der Waals surface area contributed by atoms with Gasteiger partial charge < -0.3 is 4.52 Å². The van der Waals surface area contributed by atoms with Gasteiger partial charge in [-0.2, -0.15) is 0 Å². The first-order valence-electron chi connectivity index (χ1n) is 7.35. The molecule has 2 aromatic rings.